The van der Waals surface area contributed by atoms with Crippen molar-refractivity contribution in [3.05, 3.63) is 34.9 Å². The van der Waals surface area contributed by atoms with Crippen LogP contribution in [0.25, 0.3) is 0 Å². The molecule has 1 aliphatic carbocycles. The molecule has 1 aromatic rings. The lowest BCUT2D eigenvalue weighted by Crippen LogP contribution is -2.32. The standard InChI is InChI=1S/C15H16ClNO3/c16-10-4-1-3-9(7-10)13-5-2-6-17(13)14(18)11-8-12(11)15(19)20/h1,3-4,7,11-13H,2,5-6,8H2,(H,19,20)/t11-,12+,13?/m1/s1. The van der Waals surface area contributed by atoms with Crippen molar-refractivity contribution in [3.63, 3.8) is 0 Å². The van der Waals surface area contributed by atoms with Gasteiger partial charge in [-0.25, -0.2) is 0 Å². The van der Waals surface area contributed by atoms with Crippen molar-refractivity contribution in [3.8, 4) is 0 Å². The van der Waals surface area contributed by atoms with Crippen molar-refractivity contribution in [1.82, 2.24) is 4.90 Å². The predicted molar refractivity (Wildman–Crippen MR) is 74.4 cm³/mol. The number of carbonyl (C=O) groups is 2. The fraction of sp³-hybridized carbons (Fsp3) is 0.467. The Bertz CT molecular complexity index is 560. The largest absolute Gasteiger partial charge is 0.481 e. The summed E-state index contributed by atoms with van der Waals surface area (Å²) in [5.74, 6) is -1.68. The molecule has 1 N–H and O–H groups in total. The van der Waals surface area contributed by atoms with Gasteiger partial charge in [0.2, 0.25) is 5.91 Å². The average Bonchev–Trinajstić information content (AvgIpc) is 3.07. The number of likely N-dealkylation sites (tertiary alicyclic amines) is 1. The van der Waals surface area contributed by atoms with Crippen LogP contribution in [0.4, 0.5) is 0 Å². The van der Waals surface area contributed by atoms with Crippen LogP contribution in [-0.4, -0.2) is 28.4 Å². The highest BCUT2D eigenvalue weighted by atomic mass is 35.5. The first-order valence-electron chi connectivity index (χ1n) is 6.86. The minimum atomic E-state index is -0.859. The molecule has 1 saturated heterocycles. The van der Waals surface area contributed by atoms with Gasteiger partial charge in [-0.1, -0.05) is 23.7 Å². The molecule has 0 aromatic heterocycles. The molecule has 1 amide bonds. The molecule has 106 valence electrons. The molecule has 3 rings (SSSR count). The maximum Gasteiger partial charge on any atom is 0.307 e. The third kappa shape index (κ3) is 2.40. The van der Waals surface area contributed by atoms with Gasteiger partial charge in [-0.05, 0) is 37.0 Å². The quantitative estimate of drug-likeness (QED) is 0.932. The van der Waals surface area contributed by atoms with Crippen LogP contribution in [0.5, 0.6) is 0 Å². The number of aliphatic carboxylic acids is 1. The fourth-order valence-corrected chi connectivity index (χ4v) is 3.24. The van der Waals surface area contributed by atoms with E-state index >= 15 is 0 Å². The lowest BCUT2D eigenvalue weighted by Gasteiger charge is -2.25. The smallest absolute Gasteiger partial charge is 0.307 e. The van der Waals surface area contributed by atoms with Crippen molar-refractivity contribution < 1.29 is 14.7 Å². The number of carbonyl (C=O) groups excluding carboxylic acids is 1. The molecular weight excluding hydrogens is 278 g/mol. The van der Waals surface area contributed by atoms with Crippen LogP contribution in [0.1, 0.15) is 30.9 Å². The number of benzene rings is 1. The van der Waals surface area contributed by atoms with Gasteiger partial charge in [0, 0.05) is 11.6 Å². The monoisotopic (exact) mass is 293 g/mol. The minimum absolute atomic E-state index is 0.0140. The fourth-order valence-electron chi connectivity index (χ4n) is 3.04. The molecule has 1 unspecified atom stereocenters. The summed E-state index contributed by atoms with van der Waals surface area (Å²) in [5.41, 5.74) is 1.04. The van der Waals surface area contributed by atoms with E-state index in [9.17, 15) is 9.59 Å². The van der Waals surface area contributed by atoms with Crippen LogP contribution in [-0.2, 0) is 9.59 Å². The third-order valence-electron chi connectivity index (χ3n) is 4.19. The van der Waals surface area contributed by atoms with E-state index < -0.39 is 11.9 Å². The van der Waals surface area contributed by atoms with Crippen LogP contribution >= 0.6 is 11.6 Å². The summed E-state index contributed by atoms with van der Waals surface area (Å²) < 4.78 is 0. The molecule has 0 spiro atoms. The summed E-state index contributed by atoms with van der Waals surface area (Å²) in [6.45, 7) is 0.707. The van der Waals surface area contributed by atoms with E-state index in [-0.39, 0.29) is 17.9 Å². The molecule has 1 aliphatic heterocycles. The summed E-state index contributed by atoms with van der Waals surface area (Å²) in [6, 6.07) is 7.60. The summed E-state index contributed by atoms with van der Waals surface area (Å²) in [6.07, 6.45) is 2.34. The van der Waals surface area contributed by atoms with Gasteiger partial charge in [0.1, 0.15) is 0 Å². The van der Waals surface area contributed by atoms with Crippen LogP contribution in [0.2, 0.25) is 5.02 Å². The second-order valence-corrected chi connectivity index (χ2v) is 5.97. The average molecular weight is 294 g/mol. The SMILES string of the molecule is O=C(O)[C@H]1C[C@H]1C(=O)N1CCCC1c1cccc(Cl)c1. The highest BCUT2D eigenvalue weighted by Crippen LogP contribution is 2.43. The number of carboxylic acids is 1. The topological polar surface area (TPSA) is 57.6 Å². The van der Waals surface area contributed by atoms with E-state index in [0.717, 1.165) is 18.4 Å². The molecule has 0 bridgehead atoms. The summed E-state index contributed by atoms with van der Waals surface area (Å²) >= 11 is 6.01. The van der Waals surface area contributed by atoms with Crippen molar-refractivity contribution in [2.75, 3.05) is 6.54 Å². The number of carboxylic acid groups (broad SMARTS) is 1. The lowest BCUT2D eigenvalue weighted by molar-refractivity contribution is -0.142. The molecule has 1 heterocycles. The zero-order chi connectivity index (χ0) is 14.3. The van der Waals surface area contributed by atoms with Crippen LogP contribution in [0.15, 0.2) is 24.3 Å². The number of nitrogens with zero attached hydrogens (tertiary/aromatic N) is 1. The summed E-state index contributed by atoms with van der Waals surface area (Å²) in [7, 11) is 0. The molecule has 0 radical (unpaired) electrons. The second-order valence-electron chi connectivity index (χ2n) is 5.53. The first kappa shape index (κ1) is 13.4. The van der Waals surface area contributed by atoms with E-state index in [1.807, 2.05) is 29.2 Å². The molecule has 4 nitrogen and oxygen atoms in total. The van der Waals surface area contributed by atoms with Crippen molar-refractivity contribution >= 4 is 23.5 Å². The molecular formula is C15H16ClNO3. The van der Waals surface area contributed by atoms with Crippen molar-refractivity contribution in [2.24, 2.45) is 11.8 Å². The molecule has 2 aliphatic rings. The van der Waals surface area contributed by atoms with Gasteiger partial charge in [-0.2, -0.15) is 0 Å². The molecule has 3 atom stereocenters. The number of halogens is 1. The minimum Gasteiger partial charge on any atom is -0.481 e. The maximum atomic E-state index is 12.4. The Morgan fingerprint density at radius 1 is 1.30 bits per heavy atom. The normalized spacial score (nSPS) is 28.4. The van der Waals surface area contributed by atoms with Crippen LogP contribution in [0.3, 0.4) is 0 Å². The molecule has 1 aromatic carbocycles. The van der Waals surface area contributed by atoms with Gasteiger partial charge in [0.25, 0.3) is 0 Å². The Labute approximate surface area is 122 Å². The van der Waals surface area contributed by atoms with E-state index in [4.69, 9.17) is 16.7 Å². The van der Waals surface area contributed by atoms with E-state index in [0.29, 0.717) is 18.0 Å². The van der Waals surface area contributed by atoms with Gasteiger partial charge in [0.15, 0.2) is 0 Å². The van der Waals surface area contributed by atoms with Gasteiger partial charge >= 0.3 is 5.97 Å². The number of amides is 1. The summed E-state index contributed by atoms with van der Waals surface area (Å²) in [5, 5.41) is 9.61. The third-order valence-corrected chi connectivity index (χ3v) is 4.43. The van der Waals surface area contributed by atoms with Crippen molar-refractivity contribution in [2.45, 2.75) is 25.3 Å². The molecule has 1 saturated carbocycles. The number of hydrogen-bond donors (Lipinski definition) is 1. The maximum absolute atomic E-state index is 12.4. The zero-order valence-electron chi connectivity index (χ0n) is 11.0. The highest BCUT2D eigenvalue weighted by molar-refractivity contribution is 6.30. The Balaban J connectivity index is 1.76. The lowest BCUT2D eigenvalue weighted by atomic mass is 10.0. The molecule has 5 heteroatoms. The number of rotatable bonds is 3. The second kappa shape index (κ2) is 5.09. The van der Waals surface area contributed by atoms with Crippen LogP contribution in [0, 0.1) is 11.8 Å². The first-order valence-corrected chi connectivity index (χ1v) is 7.24. The Hall–Kier alpha value is -1.55. The predicted octanol–water partition coefficient (Wildman–Crippen LogP) is 2.72. The van der Waals surface area contributed by atoms with E-state index in [1.54, 1.807) is 0 Å². The molecule has 20 heavy (non-hydrogen) atoms. The van der Waals surface area contributed by atoms with Crippen LogP contribution < -0.4 is 0 Å². The van der Waals surface area contributed by atoms with Gasteiger partial charge < -0.3 is 10.0 Å². The highest BCUT2D eigenvalue weighted by Gasteiger charge is 2.51. The van der Waals surface area contributed by atoms with Crippen molar-refractivity contribution in [1.29, 1.82) is 0 Å². The Kier molecular flexibility index (Phi) is 3.42. The first-order chi connectivity index (χ1) is 9.58. The number of hydrogen-bond acceptors (Lipinski definition) is 2. The Morgan fingerprint density at radius 3 is 2.75 bits per heavy atom. The zero-order valence-corrected chi connectivity index (χ0v) is 11.7. The Morgan fingerprint density at radius 2 is 2.10 bits per heavy atom. The van der Waals surface area contributed by atoms with Gasteiger partial charge in [-0.15, -0.1) is 0 Å². The van der Waals surface area contributed by atoms with Gasteiger partial charge in [0.05, 0.1) is 17.9 Å². The van der Waals surface area contributed by atoms with E-state index in [2.05, 4.69) is 0 Å². The van der Waals surface area contributed by atoms with E-state index in [1.165, 1.54) is 0 Å². The van der Waals surface area contributed by atoms with Gasteiger partial charge in [-0.3, -0.25) is 9.59 Å². The molecule has 2 fully saturated rings. The summed E-state index contributed by atoms with van der Waals surface area (Å²) in [4.78, 5) is 25.2.